The van der Waals surface area contributed by atoms with Crippen molar-refractivity contribution in [3.05, 3.63) is 45.4 Å². The van der Waals surface area contributed by atoms with Crippen molar-refractivity contribution in [3.63, 3.8) is 0 Å². The second-order valence-electron chi connectivity index (χ2n) is 4.94. The molecule has 5 heteroatoms. The Hall–Kier alpha value is -1.10. The lowest BCUT2D eigenvalue weighted by Gasteiger charge is -2.15. The average Bonchev–Trinajstić information content (AvgIpc) is 2.92. The average molecular weight is 311 g/mol. The van der Waals surface area contributed by atoms with Gasteiger partial charge in [-0.25, -0.2) is 4.98 Å². The van der Waals surface area contributed by atoms with Crippen molar-refractivity contribution < 1.29 is 4.74 Å². The first-order chi connectivity index (χ1) is 9.60. The molecule has 0 saturated heterocycles. The highest BCUT2D eigenvalue weighted by Gasteiger charge is 2.14. The van der Waals surface area contributed by atoms with E-state index >= 15 is 0 Å². The molecule has 3 nitrogen and oxygen atoms in total. The number of thiazole rings is 1. The number of aromatic nitrogens is 1. The van der Waals surface area contributed by atoms with Crippen LogP contribution in [-0.2, 0) is 6.42 Å². The number of halogens is 1. The van der Waals surface area contributed by atoms with Gasteiger partial charge in [-0.3, -0.25) is 0 Å². The number of nitrogens with two attached hydrogens (primary N) is 1. The molecule has 0 aliphatic carbocycles. The zero-order valence-electron chi connectivity index (χ0n) is 11.7. The van der Waals surface area contributed by atoms with Gasteiger partial charge >= 0.3 is 0 Å². The molecule has 0 spiro atoms. The number of nitrogens with zero attached hydrogens (tertiary/aromatic N) is 1. The molecule has 1 aromatic carbocycles. The van der Waals surface area contributed by atoms with Gasteiger partial charge in [-0.1, -0.05) is 17.7 Å². The highest BCUT2D eigenvalue weighted by atomic mass is 35.5. The molecule has 0 fully saturated rings. The van der Waals surface area contributed by atoms with Gasteiger partial charge in [-0.15, -0.1) is 11.3 Å². The molecule has 0 bridgehead atoms. The van der Waals surface area contributed by atoms with Crippen LogP contribution in [-0.4, -0.2) is 17.6 Å². The summed E-state index contributed by atoms with van der Waals surface area (Å²) in [5.41, 5.74) is 7.00. The van der Waals surface area contributed by atoms with Crippen LogP contribution in [0, 0.1) is 0 Å². The second kappa shape index (κ2) is 7.07. The van der Waals surface area contributed by atoms with Crippen LogP contribution >= 0.6 is 22.9 Å². The molecule has 20 heavy (non-hydrogen) atoms. The summed E-state index contributed by atoms with van der Waals surface area (Å²) in [4.78, 5) is 4.34. The molecular formula is C15H19ClN2OS. The highest BCUT2D eigenvalue weighted by Crippen LogP contribution is 2.29. The predicted octanol–water partition coefficient (Wildman–Crippen LogP) is 3.87. The summed E-state index contributed by atoms with van der Waals surface area (Å²) in [7, 11) is 0. The van der Waals surface area contributed by atoms with Crippen molar-refractivity contribution in [1.82, 2.24) is 4.98 Å². The third-order valence-electron chi connectivity index (χ3n) is 2.93. The minimum Gasteiger partial charge on any atom is -0.489 e. The van der Waals surface area contributed by atoms with Gasteiger partial charge in [0.15, 0.2) is 0 Å². The topological polar surface area (TPSA) is 48.1 Å². The maximum Gasteiger partial charge on any atom is 0.138 e. The molecule has 0 aliphatic rings. The number of ether oxygens (including phenoxy) is 1. The molecular weight excluding hydrogens is 292 g/mol. The Morgan fingerprint density at radius 1 is 1.40 bits per heavy atom. The van der Waals surface area contributed by atoms with Crippen molar-refractivity contribution in [2.24, 2.45) is 5.73 Å². The van der Waals surface area contributed by atoms with Gasteiger partial charge in [0.1, 0.15) is 5.75 Å². The summed E-state index contributed by atoms with van der Waals surface area (Å²) in [6.07, 6.45) is 2.77. The first-order valence-electron chi connectivity index (χ1n) is 6.64. The van der Waals surface area contributed by atoms with Gasteiger partial charge in [0.25, 0.3) is 0 Å². The van der Waals surface area contributed by atoms with Gasteiger partial charge in [-0.05, 0) is 38.0 Å². The van der Waals surface area contributed by atoms with Crippen molar-refractivity contribution in [1.29, 1.82) is 0 Å². The van der Waals surface area contributed by atoms with Crippen molar-refractivity contribution in [2.75, 3.05) is 6.54 Å². The zero-order valence-corrected chi connectivity index (χ0v) is 13.2. The fraction of sp³-hybridized carbons (Fsp3) is 0.400. The number of benzene rings is 1. The fourth-order valence-corrected chi connectivity index (χ4v) is 3.02. The van der Waals surface area contributed by atoms with E-state index in [0.717, 1.165) is 22.7 Å². The third kappa shape index (κ3) is 3.95. The van der Waals surface area contributed by atoms with Gasteiger partial charge in [0.2, 0.25) is 0 Å². The number of hydrogen-bond acceptors (Lipinski definition) is 4. The van der Waals surface area contributed by atoms with Crippen LogP contribution in [0.1, 0.15) is 30.3 Å². The van der Waals surface area contributed by atoms with Gasteiger partial charge < -0.3 is 10.5 Å². The highest BCUT2D eigenvalue weighted by molar-refractivity contribution is 7.09. The van der Waals surface area contributed by atoms with E-state index in [1.165, 1.54) is 0 Å². The Bertz CT molecular complexity index is 543. The summed E-state index contributed by atoms with van der Waals surface area (Å²) in [5, 5.41) is 3.70. The lowest BCUT2D eigenvalue weighted by atomic mass is 10.00. The SMILES string of the molecule is CC(C)Oc1ccc(CC(CN)c2nccs2)cc1Cl. The maximum absolute atomic E-state index is 6.26. The third-order valence-corrected chi connectivity index (χ3v) is 4.16. The molecule has 0 saturated carbocycles. The Morgan fingerprint density at radius 3 is 2.75 bits per heavy atom. The van der Waals surface area contributed by atoms with E-state index in [9.17, 15) is 0 Å². The zero-order chi connectivity index (χ0) is 14.5. The van der Waals surface area contributed by atoms with Crippen LogP contribution < -0.4 is 10.5 Å². The summed E-state index contributed by atoms with van der Waals surface area (Å²) < 4.78 is 5.64. The molecule has 1 heterocycles. The normalized spacial score (nSPS) is 12.7. The molecule has 0 aliphatic heterocycles. The first-order valence-corrected chi connectivity index (χ1v) is 7.90. The van der Waals surface area contributed by atoms with Crippen LogP contribution in [0.2, 0.25) is 5.02 Å². The molecule has 1 atom stereocenters. The predicted molar refractivity (Wildman–Crippen MR) is 84.8 cm³/mol. The van der Waals surface area contributed by atoms with E-state index in [0.29, 0.717) is 11.6 Å². The van der Waals surface area contributed by atoms with Crippen LogP contribution in [0.5, 0.6) is 5.75 Å². The van der Waals surface area contributed by atoms with Crippen LogP contribution in [0.15, 0.2) is 29.8 Å². The fourth-order valence-electron chi connectivity index (χ4n) is 2.01. The van der Waals surface area contributed by atoms with Gasteiger partial charge in [-0.2, -0.15) is 0 Å². The molecule has 1 unspecified atom stereocenters. The van der Waals surface area contributed by atoms with Crippen LogP contribution in [0.4, 0.5) is 0 Å². The van der Waals surface area contributed by atoms with Gasteiger partial charge in [0.05, 0.1) is 16.1 Å². The minimum absolute atomic E-state index is 0.116. The summed E-state index contributed by atoms with van der Waals surface area (Å²) in [6, 6.07) is 5.92. The van der Waals surface area contributed by atoms with E-state index in [1.807, 2.05) is 43.6 Å². The van der Waals surface area contributed by atoms with Crippen molar-refractivity contribution in [2.45, 2.75) is 32.3 Å². The largest absolute Gasteiger partial charge is 0.489 e. The Kier molecular flexibility index (Phi) is 5.40. The van der Waals surface area contributed by atoms with E-state index < -0.39 is 0 Å². The molecule has 108 valence electrons. The number of rotatable bonds is 6. The summed E-state index contributed by atoms with van der Waals surface area (Å²) in [5.74, 6) is 0.965. The summed E-state index contributed by atoms with van der Waals surface area (Å²) in [6.45, 7) is 4.55. The smallest absolute Gasteiger partial charge is 0.138 e. The standard InChI is InChI=1S/C15H19ClN2OS/c1-10(2)19-14-4-3-11(8-13(14)16)7-12(9-17)15-18-5-6-20-15/h3-6,8,10,12H,7,9,17H2,1-2H3. The molecule has 1 aromatic heterocycles. The van der Waals surface area contributed by atoms with Crippen molar-refractivity contribution >= 4 is 22.9 Å². The quantitative estimate of drug-likeness (QED) is 0.881. The van der Waals surface area contributed by atoms with Crippen molar-refractivity contribution in [3.8, 4) is 5.75 Å². The Labute approximate surface area is 128 Å². The maximum atomic E-state index is 6.26. The molecule has 0 radical (unpaired) electrons. The number of hydrogen-bond donors (Lipinski definition) is 1. The summed E-state index contributed by atoms with van der Waals surface area (Å²) >= 11 is 7.90. The van der Waals surface area contributed by atoms with Gasteiger partial charge in [0, 0.05) is 24.0 Å². The molecule has 0 amide bonds. The first kappa shape index (κ1) is 15.3. The molecule has 2 aromatic rings. The Morgan fingerprint density at radius 2 is 2.20 bits per heavy atom. The van der Waals surface area contributed by atoms with E-state index in [-0.39, 0.29) is 12.0 Å². The monoisotopic (exact) mass is 310 g/mol. The molecule has 2 N–H and O–H groups in total. The second-order valence-corrected chi connectivity index (χ2v) is 6.27. The van der Waals surface area contributed by atoms with E-state index in [4.69, 9.17) is 22.1 Å². The van der Waals surface area contributed by atoms with Crippen LogP contribution in [0.3, 0.4) is 0 Å². The Balaban J connectivity index is 2.11. The molecule has 2 rings (SSSR count). The lowest BCUT2D eigenvalue weighted by Crippen LogP contribution is -2.15. The minimum atomic E-state index is 0.116. The van der Waals surface area contributed by atoms with E-state index in [1.54, 1.807) is 11.3 Å². The lowest BCUT2D eigenvalue weighted by molar-refractivity contribution is 0.242. The van der Waals surface area contributed by atoms with E-state index in [2.05, 4.69) is 4.98 Å². The van der Waals surface area contributed by atoms with Crippen LogP contribution in [0.25, 0.3) is 0 Å².